The van der Waals surface area contributed by atoms with E-state index in [-0.39, 0.29) is 49.7 Å². The van der Waals surface area contributed by atoms with E-state index in [9.17, 15) is 32.9 Å². The Morgan fingerprint density at radius 2 is 1.81 bits per heavy atom. The molecule has 2 saturated heterocycles. The summed E-state index contributed by atoms with van der Waals surface area (Å²) in [6.45, 7) is 1.72. The molecule has 0 aromatic heterocycles. The molecule has 1 aromatic carbocycles. The highest BCUT2D eigenvalue weighted by molar-refractivity contribution is 5.83. The van der Waals surface area contributed by atoms with E-state index in [1.807, 2.05) is 0 Å². The monoisotopic (exact) mass is 446 g/mol. The minimum atomic E-state index is -4.78. The zero-order valence-corrected chi connectivity index (χ0v) is 16.8. The Balaban J connectivity index is 1.76. The van der Waals surface area contributed by atoms with Gasteiger partial charge in [-0.25, -0.2) is 4.79 Å². The van der Waals surface area contributed by atoms with Crippen LogP contribution in [0.15, 0.2) is 18.2 Å². The van der Waals surface area contributed by atoms with Crippen LogP contribution in [-0.4, -0.2) is 85.1 Å². The van der Waals surface area contributed by atoms with Crippen molar-refractivity contribution in [3.05, 3.63) is 33.9 Å². The van der Waals surface area contributed by atoms with Crippen molar-refractivity contribution in [2.45, 2.75) is 25.4 Å². The number of anilines is 1. The minimum absolute atomic E-state index is 0.0660. The summed E-state index contributed by atoms with van der Waals surface area (Å²) in [4.78, 5) is 38.3. The number of rotatable bonds is 3. The maximum Gasteiger partial charge on any atom is 0.433 e. The Bertz CT molecular complexity index is 872. The third kappa shape index (κ3) is 4.65. The highest BCUT2D eigenvalue weighted by Gasteiger charge is 2.53. The molecule has 0 aliphatic carbocycles. The second-order valence-corrected chi connectivity index (χ2v) is 7.18. The number of nitrogens with zero attached hydrogens (tertiary/aromatic N) is 4. The standard InChI is InChI=1S/C18H21F3N4O6/c1-11-9-12(3-4-13(11)25(28)29)24-10-14(31-16(24)18(19,20)21)15(26)22-5-7-23(8-6-22)17(27)30-2/h3-4,9,14,16H,5-8,10H2,1-2H3/t14-,16+/m0/s1. The van der Waals surface area contributed by atoms with Crippen molar-refractivity contribution in [3.8, 4) is 0 Å². The van der Waals surface area contributed by atoms with Gasteiger partial charge in [0.2, 0.25) is 6.23 Å². The van der Waals surface area contributed by atoms with E-state index in [4.69, 9.17) is 4.74 Å². The molecule has 0 N–H and O–H groups in total. The number of aryl methyl sites for hydroxylation is 1. The van der Waals surface area contributed by atoms with Crippen molar-refractivity contribution in [2.75, 3.05) is 44.7 Å². The quantitative estimate of drug-likeness (QED) is 0.516. The first-order chi connectivity index (χ1) is 14.5. The van der Waals surface area contributed by atoms with Crippen molar-refractivity contribution in [1.82, 2.24) is 9.80 Å². The Morgan fingerprint density at radius 3 is 2.32 bits per heavy atom. The lowest BCUT2D eigenvalue weighted by Gasteiger charge is -2.34. The number of nitro groups is 1. The molecule has 170 valence electrons. The average molecular weight is 446 g/mol. The Hall–Kier alpha value is -3.09. The molecule has 2 aliphatic rings. The molecule has 2 aliphatic heterocycles. The number of carbonyl (C=O) groups excluding carboxylic acids is 2. The van der Waals surface area contributed by atoms with Crippen LogP contribution in [0.5, 0.6) is 0 Å². The van der Waals surface area contributed by atoms with Gasteiger partial charge in [0.05, 0.1) is 18.6 Å². The number of hydrogen-bond donors (Lipinski definition) is 0. The first kappa shape index (κ1) is 22.6. The third-order valence-corrected chi connectivity index (χ3v) is 5.23. The summed E-state index contributed by atoms with van der Waals surface area (Å²) in [5.41, 5.74) is 0.0388. The largest absolute Gasteiger partial charge is 0.453 e. The maximum atomic E-state index is 13.6. The predicted octanol–water partition coefficient (Wildman–Crippen LogP) is 1.91. The van der Waals surface area contributed by atoms with E-state index in [2.05, 4.69) is 4.74 Å². The summed E-state index contributed by atoms with van der Waals surface area (Å²) in [5.74, 6) is -0.611. The Labute approximate surface area is 175 Å². The zero-order valence-electron chi connectivity index (χ0n) is 16.8. The number of ether oxygens (including phenoxy) is 2. The summed E-state index contributed by atoms with van der Waals surface area (Å²) in [5, 5.41) is 11.0. The molecule has 3 rings (SSSR count). The average Bonchev–Trinajstić information content (AvgIpc) is 3.18. The van der Waals surface area contributed by atoms with E-state index in [1.54, 1.807) is 0 Å². The van der Waals surface area contributed by atoms with E-state index in [0.29, 0.717) is 0 Å². The number of alkyl halides is 3. The van der Waals surface area contributed by atoms with Crippen LogP contribution in [0.1, 0.15) is 5.56 Å². The molecular formula is C18H21F3N4O6. The van der Waals surface area contributed by atoms with Gasteiger partial charge >= 0.3 is 12.3 Å². The number of piperazine rings is 1. The number of halogens is 3. The van der Waals surface area contributed by atoms with E-state index >= 15 is 0 Å². The fourth-order valence-electron chi connectivity index (χ4n) is 3.64. The summed E-state index contributed by atoms with van der Waals surface area (Å²) in [6.07, 6.45) is -9.06. The molecule has 0 saturated carbocycles. The van der Waals surface area contributed by atoms with Crippen molar-refractivity contribution in [3.63, 3.8) is 0 Å². The number of carbonyl (C=O) groups is 2. The molecule has 0 spiro atoms. The Kier molecular flexibility index (Phi) is 6.25. The fraction of sp³-hybridized carbons (Fsp3) is 0.556. The van der Waals surface area contributed by atoms with Crippen LogP contribution in [0.4, 0.5) is 29.3 Å². The van der Waals surface area contributed by atoms with Gasteiger partial charge in [0.1, 0.15) is 0 Å². The zero-order chi connectivity index (χ0) is 22.9. The summed E-state index contributed by atoms with van der Waals surface area (Å²) in [7, 11) is 1.23. The lowest BCUT2D eigenvalue weighted by Crippen LogP contribution is -2.53. The van der Waals surface area contributed by atoms with Crippen LogP contribution < -0.4 is 4.90 Å². The molecule has 31 heavy (non-hydrogen) atoms. The smallest absolute Gasteiger partial charge is 0.433 e. The van der Waals surface area contributed by atoms with Gasteiger partial charge in [0.15, 0.2) is 6.10 Å². The predicted molar refractivity (Wildman–Crippen MR) is 100 cm³/mol. The third-order valence-electron chi connectivity index (χ3n) is 5.23. The van der Waals surface area contributed by atoms with Crippen LogP contribution in [0.3, 0.4) is 0 Å². The fourth-order valence-corrected chi connectivity index (χ4v) is 3.64. The molecule has 0 radical (unpaired) electrons. The van der Waals surface area contributed by atoms with Crippen molar-refractivity contribution in [1.29, 1.82) is 0 Å². The maximum absolute atomic E-state index is 13.6. The first-order valence-corrected chi connectivity index (χ1v) is 9.38. The van der Waals surface area contributed by atoms with Crippen LogP contribution in [-0.2, 0) is 14.3 Å². The van der Waals surface area contributed by atoms with Crippen LogP contribution >= 0.6 is 0 Å². The van der Waals surface area contributed by atoms with Crippen LogP contribution in [0.2, 0.25) is 0 Å². The lowest BCUT2D eigenvalue weighted by atomic mass is 10.1. The molecule has 2 fully saturated rings. The first-order valence-electron chi connectivity index (χ1n) is 9.38. The highest BCUT2D eigenvalue weighted by Crippen LogP contribution is 2.36. The number of benzene rings is 1. The second kappa shape index (κ2) is 8.57. The van der Waals surface area contributed by atoms with Crippen LogP contribution in [0.25, 0.3) is 0 Å². The molecule has 0 bridgehead atoms. The van der Waals surface area contributed by atoms with Gasteiger partial charge in [-0.2, -0.15) is 13.2 Å². The second-order valence-electron chi connectivity index (χ2n) is 7.18. The SMILES string of the molecule is COC(=O)N1CCN(C(=O)[C@@H]2CN(c3ccc([N+](=O)[O-])c(C)c3)[C@@H](C(F)(F)F)O2)CC1. The van der Waals surface area contributed by atoms with E-state index in [1.165, 1.54) is 36.0 Å². The summed E-state index contributed by atoms with van der Waals surface area (Å²) >= 11 is 0. The van der Waals surface area contributed by atoms with Crippen molar-refractivity contribution in [2.24, 2.45) is 0 Å². The van der Waals surface area contributed by atoms with E-state index < -0.39 is 35.4 Å². The summed E-state index contributed by atoms with van der Waals surface area (Å²) < 4.78 is 50.5. The molecule has 2 amide bonds. The van der Waals surface area contributed by atoms with Gasteiger partial charge in [0.25, 0.3) is 11.6 Å². The molecule has 0 unspecified atom stereocenters. The number of hydrogen-bond acceptors (Lipinski definition) is 7. The van der Waals surface area contributed by atoms with Gasteiger partial charge in [-0.05, 0) is 19.1 Å². The molecule has 1 aromatic rings. The topological polar surface area (TPSA) is 105 Å². The summed E-state index contributed by atoms with van der Waals surface area (Å²) in [6, 6.07) is 3.59. The lowest BCUT2D eigenvalue weighted by molar-refractivity contribution is -0.385. The van der Waals surface area contributed by atoms with E-state index in [0.717, 1.165) is 11.0 Å². The number of nitro benzene ring substituents is 1. The molecular weight excluding hydrogens is 425 g/mol. The van der Waals surface area contributed by atoms with Gasteiger partial charge < -0.3 is 24.2 Å². The normalized spacial score (nSPS) is 21.9. The molecule has 2 atom stereocenters. The molecule has 10 nitrogen and oxygen atoms in total. The van der Waals surface area contributed by atoms with Crippen molar-refractivity contribution >= 4 is 23.4 Å². The number of amides is 2. The Morgan fingerprint density at radius 1 is 1.19 bits per heavy atom. The van der Waals surface area contributed by atoms with Gasteiger partial charge in [-0.15, -0.1) is 0 Å². The number of methoxy groups -OCH3 is 1. The minimum Gasteiger partial charge on any atom is -0.453 e. The molecule has 13 heteroatoms. The van der Waals surface area contributed by atoms with Crippen LogP contribution in [0, 0.1) is 17.0 Å². The molecule has 2 heterocycles. The van der Waals surface area contributed by atoms with Crippen molar-refractivity contribution < 1.29 is 37.2 Å². The van der Waals surface area contributed by atoms with Gasteiger partial charge in [0, 0.05) is 43.5 Å². The highest BCUT2D eigenvalue weighted by atomic mass is 19.4. The van der Waals surface area contributed by atoms with Gasteiger partial charge in [-0.1, -0.05) is 0 Å². The van der Waals surface area contributed by atoms with Gasteiger partial charge in [-0.3, -0.25) is 14.9 Å².